The van der Waals surface area contributed by atoms with Crippen LogP contribution < -0.4 is 24.4 Å². The number of carbonyl (C=O) groups is 1. The van der Waals surface area contributed by atoms with Gasteiger partial charge in [0.2, 0.25) is 0 Å². The zero-order valence-corrected chi connectivity index (χ0v) is 23.2. The van der Waals surface area contributed by atoms with Gasteiger partial charge in [0.1, 0.15) is 6.61 Å². The van der Waals surface area contributed by atoms with Gasteiger partial charge < -0.3 is 18.9 Å². The molecular formula is C28H29ClN2O6S. The fourth-order valence-electron chi connectivity index (χ4n) is 4.10. The van der Waals surface area contributed by atoms with Crippen molar-refractivity contribution in [2.24, 2.45) is 4.99 Å². The van der Waals surface area contributed by atoms with Crippen LogP contribution in [-0.2, 0) is 14.3 Å². The molecule has 0 spiro atoms. The SMILES string of the molecule is CCCOc1ccc(C=c2sc3n(c2=O)C(c2ccc(Cl)cc2)C(C(=O)OCCOC)=C(C)N=3)cc1OC. The molecule has 0 saturated carbocycles. The summed E-state index contributed by atoms with van der Waals surface area (Å²) >= 11 is 7.38. The van der Waals surface area contributed by atoms with Crippen LogP contribution in [0.3, 0.4) is 0 Å². The number of aromatic nitrogens is 1. The molecule has 1 unspecified atom stereocenters. The van der Waals surface area contributed by atoms with Gasteiger partial charge in [0.25, 0.3) is 5.56 Å². The number of halogens is 1. The van der Waals surface area contributed by atoms with Crippen molar-refractivity contribution in [2.75, 3.05) is 34.0 Å². The van der Waals surface area contributed by atoms with E-state index in [1.54, 1.807) is 44.4 Å². The molecule has 2 aromatic carbocycles. The van der Waals surface area contributed by atoms with Crippen molar-refractivity contribution in [1.29, 1.82) is 0 Å². The van der Waals surface area contributed by atoms with Crippen molar-refractivity contribution in [3.05, 3.63) is 89.6 Å². The molecule has 2 heterocycles. The van der Waals surface area contributed by atoms with Gasteiger partial charge in [-0.15, -0.1) is 0 Å². The van der Waals surface area contributed by atoms with Gasteiger partial charge in [-0.1, -0.05) is 48.1 Å². The number of fused-ring (bicyclic) bond motifs is 1. The molecule has 0 amide bonds. The van der Waals surface area contributed by atoms with Crippen molar-refractivity contribution >= 4 is 35.0 Å². The Balaban J connectivity index is 1.82. The van der Waals surface area contributed by atoms with Crippen LogP contribution >= 0.6 is 22.9 Å². The largest absolute Gasteiger partial charge is 0.493 e. The Hall–Kier alpha value is -3.40. The summed E-state index contributed by atoms with van der Waals surface area (Å²) in [7, 11) is 3.11. The van der Waals surface area contributed by atoms with Crippen molar-refractivity contribution in [3.8, 4) is 11.5 Å². The second-order valence-electron chi connectivity index (χ2n) is 8.52. The minimum absolute atomic E-state index is 0.0870. The number of carbonyl (C=O) groups excluding carboxylic acids is 1. The molecule has 8 nitrogen and oxygen atoms in total. The minimum atomic E-state index is -0.722. The van der Waals surface area contributed by atoms with Crippen LogP contribution in [0.2, 0.25) is 5.02 Å². The Bertz CT molecular complexity index is 1520. The normalized spacial score (nSPS) is 15.2. The molecule has 38 heavy (non-hydrogen) atoms. The smallest absolute Gasteiger partial charge is 0.338 e. The van der Waals surface area contributed by atoms with Gasteiger partial charge in [-0.3, -0.25) is 9.36 Å². The summed E-state index contributed by atoms with van der Waals surface area (Å²) < 4.78 is 23.7. The number of nitrogens with zero attached hydrogens (tertiary/aromatic N) is 2. The number of methoxy groups -OCH3 is 2. The highest BCUT2D eigenvalue weighted by molar-refractivity contribution is 7.07. The van der Waals surface area contributed by atoms with E-state index < -0.39 is 12.0 Å². The van der Waals surface area contributed by atoms with Gasteiger partial charge in [0, 0.05) is 12.1 Å². The molecule has 0 N–H and O–H groups in total. The summed E-state index contributed by atoms with van der Waals surface area (Å²) in [6.07, 6.45) is 2.66. The summed E-state index contributed by atoms with van der Waals surface area (Å²) in [6.45, 7) is 4.70. The Morgan fingerprint density at radius 1 is 1.11 bits per heavy atom. The van der Waals surface area contributed by atoms with Gasteiger partial charge in [-0.25, -0.2) is 9.79 Å². The van der Waals surface area contributed by atoms with E-state index in [0.29, 0.717) is 49.3 Å². The summed E-state index contributed by atoms with van der Waals surface area (Å²) in [5, 5.41) is 0.548. The fourth-order valence-corrected chi connectivity index (χ4v) is 5.27. The monoisotopic (exact) mass is 556 g/mol. The molecule has 0 aliphatic carbocycles. The predicted molar refractivity (Wildman–Crippen MR) is 147 cm³/mol. The number of allylic oxidation sites excluding steroid dienone is 1. The van der Waals surface area contributed by atoms with E-state index in [4.69, 9.17) is 30.5 Å². The number of thiazole rings is 1. The second-order valence-corrected chi connectivity index (χ2v) is 9.97. The van der Waals surface area contributed by atoms with Crippen LogP contribution in [0.4, 0.5) is 0 Å². The maximum atomic E-state index is 13.8. The molecule has 200 valence electrons. The number of benzene rings is 2. The maximum Gasteiger partial charge on any atom is 0.338 e. The third-order valence-electron chi connectivity index (χ3n) is 5.90. The highest BCUT2D eigenvalue weighted by Crippen LogP contribution is 2.32. The molecule has 1 aliphatic heterocycles. The number of ether oxygens (including phenoxy) is 4. The molecule has 1 atom stereocenters. The lowest BCUT2D eigenvalue weighted by atomic mass is 9.96. The molecule has 3 aromatic rings. The van der Waals surface area contributed by atoms with E-state index in [1.807, 2.05) is 25.1 Å². The molecule has 0 fully saturated rings. The number of rotatable bonds is 10. The topological polar surface area (TPSA) is 88.4 Å². The minimum Gasteiger partial charge on any atom is -0.493 e. The van der Waals surface area contributed by atoms with Gasteiger partial charge in [-0.2, -0.15) is 0 Å². The van der Waals surface area contributed by atoms with E-state index in [2.05, 4.69) is 4.99 Å². The van der Waals surface area contributed by atoms with Crippen LogP contribution in [0.1, 0.15) is 37.4 Å². The summed E-state index contributed by atoms with van der Waals surface area (Å²) in [5.74, 6) is 0.670. The van der Waals surface area contributed by atoms with E-state index >= 15 is 0 Å². The highest BCUT2D eigenvalue weighted by Gasteiger charge is 2.33. The van der Waals surface area contributed by atoms with Crippen LogP contribution in [-0.4, -0.2) is 44.6 Å². The molecule has 1 aromatic heterocycles. The van der Waals surface area contributed by atoms with E-state index in [1.165, 1.54) is 23.0 Å². The zero-order chi connectivity index (χ0) is 27.2. The van der Waals surface area contributed by atoms with Crippen LogP contribution in [0.25, 0.3) is 6.08 Å². The standard InChI is InChI=1S/C28H29ClN2O6S/c1-5-12-36-21-11-6-18(15-22(21)35-4)16-23-26(32)31-25(19-7-9-20(29)10-8-19)24(17(2)30-28(31)38-23)27(33)37-14-13-34-3/h6-11,15-16,25H,5,12-14H2,1-4H3. The highest BCUT2D eigenvalue weighted by atomic mass is 35.5. The van der Waals surface area contributed by atoms with Gasteiger partial charge >= 0.3 is 5.97 Å². The van der Waals surface area contributed by atoms with Gasteiger partial charge in [0.15, 0.2) is 16.3 Å². The first kappa shape index (κ1) is 27.6. The van der Waals surface area contributed by atoms with Gasteiger partial charge in [0.05, 0.1) is 42.2 Å². The Morgan fingerprint density at radius 3 is 2.55 bits per heavy atom. The number of hydrogen-bond donors (Lipinski definition) is 0. The van der Waals surface area contributed by atoms with Gasteiger partial charge in [-0.05, 0) is 54.8 Å². The average Bonchev–Trinajstić information content (AvgIpc) is 3.21. The zero-order valence-electron chi connectivity index (χ0n) is 21.7. The summed E-state index contributed by atoms with van der Waals surface area (Å²) in [6, 6.07) is 11.8. The molecule has 0 bridgehead atoms. The van der Waals surface area contributed by atoms with Crippen molar-refractivity contribution in [3.63, 3.8) is 0 Å². The first-order valence-corrected chi connectivity index (χ1v) is 13.3. The molecular weight excluding hydrogens is 528 g/mol. The van der Waals surface area contributed by atoms with Crippen molar-refractivity contribution in [2.45, 2.75) is 26.3 Å². The van der Waals surface area contributed by atoms with E-state index in [9.17, 15) is 9.59 Å². The molecule has 10 heteroatoms. The van der Waals surface area contributed by atoms with Crippen LogP contribution in [0.5, 0.6) is 11.5 Å². The first-order valence-electron chi connectivity index (χ1n) is 12.1. The lowest BCUT2D eigenvalue weighted by molar-refractivity contribution is -0.140. The fraction of sp³-hybridized carbons (Fsp3) is 0.321. The lowest BCUT2D eigenvalue weighted by Crippen LogP contribution is -2.40. The van der Waals surface area contributed by atoms with E-state index in [0.717, 1.165) is 12.0 Å². The number of hydrogen-bond acceptors (Lipinski definition) is 8. The quantitative estimate of drug-likeness (QED) is 0.278. The molecule has 0 saturated heterocycles. The lowest BCUT2D eigenvalue weighted by Gasteiger charge is -2.24. The molecule has 1 aliphatic rings. The third-order valence-corrected chi connectivity index (χ3v) is 7.13. The Labute approximate surface area is 229 Å². The first-order chi connectivity index (χ1) is 18.4. The maximum absolute atomic E-state index is 13.8. The Morgan fingerprint density at radius 2 is 1.87 bits per heavy atom. The molecule has 0 radical (unpaired) electrons. The predicted octanol–water partition coefficient (Wildman–Crippen LogP) is 3.88. The Kier molecular flexibility index (Phi) is 9.04. The summed E-state index contributed by atoms with van der Waals surface area (Å²) in [4.78, 5) is 32.0. The molecule has 4 rings (SSSR count). The number of esters is 1. The van der Waals surface area contributed by atoms with E-state index in [-0.39, 0.29) is 18.8 Å². The van der Waals surface area contributed by atoms with Crippen LogP contribution in [0, 0.1) is 0 Å². The summed E-state index contributed by atoms with van der Waals surface area (Å²) in [5.41, 5.74) is 2.00. The van der Waals surface area contributed by atoms with Crippen molar-refractivity contribution < 1.29 is 23.7 Å². The second kappa shape index (κ2) is 12.4. The van der Waals surface area contributed by atoms with Crippen molar-refractivity contribution in [1.82, 2.24) is 4.57 Å². The average molecular weight is 557 g/mol. The van der Waals surface area contributed by atoms with Crippen LogP contribution in [0.15, 0.2) is 63.5 Å². The third kappa shape index (κ3) is 5.85.